The van der Waals surface area contributed by atoms with Crippen molar-refractivity contribution in [3.05, 3.63) is 81.3 Å². The molecule has 1 heterocycles. The summed E-state index contributed by atoms with van der Waals surface area (Å²) in [7, 11) is 1.37. The van der Waals surface area contributed by atoms with Gasteiger partial charge in [-0.25, -0.2) is 9.78 Å². The van der Waals surface area contributed by atoms with E-state index < -0.39 is 0 Å². The molecule has 0 saturated heterocycles. The maximum atomic E-state index is 11.4. The Morgan fingerprint density at radius 3 is 2.42 bits per heavy atom. The number of aryl methyl sites for hydroxylation is 1. The topological polar surface area (TPSA) is 48.4 Å². The van der Waals surface area contributed by atoms with E-state index in [9.17, 15) is 4.79 Å². The van der Waals surface area contributed by atoms with E-state index in [2.05, 4.69) is 9.72 Å². The maximum Gasteiger partial charge on any atom is 0.337 e. The fraction of sp³-hybridized carbons (Fsp3) is 0.143. The third kappa shape index (κ3) is 4.80. The van der Waals surface area contributed by atoms with Gasteiger partial charge >= 0.3 is 5.97 Å². The molecule has 0 aliphatic carbocycles. The standard InChI is InChI=1S/C21H19NO3S/c1-15-14-26-20(22-15)12-7-16-5-10-19(11-6-16)25-13-17-3-8-18(9-4-17)21(23)24-2/h3-12,14H,13H2,1-2H3/b12-7+. The minimum absolute atomic E-state index is 0.339. The highest BCUT2D eigenvalue weighted by atomic mass is 32.1. The van der Waals surface area contributed by atoms with Crippen molar-refractivity contribution in [3.63, 3.8) is 0 Å². The number of esters is 1. The Labute approximate surface area is 156 Å². The summed E-state index contributed by atoms with van der Waals surface area (Å²) < 4.78 is 10.5. The molecule has 4 nitrogen and oxygen atoms in total. The second-order valence-corrected chi connectivity index (χ2v) is 6.60. The van der Waals surface area contributed by atoms with Gasteiger partial charge in [0.2, 0.25) is 0 Å². The molecule has 0 fully saturated rings. The Bertz CT molecular complexity index is 896. The molecule has 0 aliphatic rings. The third-order valence-corrected chi connectivity index (χ3v) is 4.64. The van der Waals surface area contributed by atoms with E-state index in [1.165, 1.54) is 7.11 Å². The molecule has 1 aromatic heterocycles. The molecule has 26 heavy (non-hydrogen) atoms. The summed E-state index contributed by atoms with van der Waals surface area (Å²) in [5.74, 6) is 0.457. The van der Waals surface area contributed by atoms with Crippen LogP contribution in [0.5, 0.6) is 5.75 Å². The lowest BCUT2D eigenvalue weighted by Crippen LogP contribution is -2.01. The van der Waals surface area contributed by atoms with Gasteiger partial charge < -0.3 is 9.47 Å². The molecule has 5 heteroatoms. The zero-order valence-electron chi connectivity index (χ0n) is 14.6. The van der Waals surface area contributed by atoms with Gasteiger partial charge in [-0.3, -0.25) is 0 Å². The number of carbonyl (C=O) groups excluding carboxylic acids is 1. The van der Waals surface area contributed by atoms with Crippen molar-refractivity contribution in [3.8, 4) is 5.75 Å². The Kier molecular flexibility index (Phi) is 5.81. The molecular formula is C21H19NO3S. The van der Waals surface area contributed by atoms with Crippen molar-refractivity contribution in [2.45, 2.75) is 13.5 Å². The fourth-order valence-corrected chi connectivity index (χ4v) is 3.00. The molecule has 3 aromatic rings. The zero-order valence-corrected chi connectivity index (χ0v) is 15.5. The Balaban J connectivity index is 1.55. The van der Waals surface area contributed by atoms with Crippen LogP contribution in [0.3, 0.4) is 0 Å². The average Bonchev–Trinajstić information content (AvgIpc) is 3.10. The Morgan fingerprint density at radius 2 is 1.81 bits per heavy atom. The van der Waals surface area contributed by atoms with Crippen LogP contribution in [0.1, 0.15) is 32.2 Å². The first-order valence-corrected chi connectivity index (χ1v) is 9.02. The van der Waals surface area contributed by atoms with Crippen molar-refractivity contribution < 1.29 is 14.3 Å². The molecule has 0 amide bonds. The van der Waals surface area contributed by atoms with Gasteiger partial charge in [0.15, 0.2) is 0 Å². The first kappa shape index (κ1) is 17.9. The maximum absolute atomic E-state index is 11.4. The van der Waals surface area contributed by atoms with Crippen LogP contribution >= 0.6 is 11.3 Å². The first-order chi connectivity index (χ1) is 12.6. The van der Waals surface area contributed by atoms with Crippen LogP contribution in [-0.4, -0.2) is 18.1 Å². The van der Waals surface area contributed by atoms with Crippen molar-refractivity contribution >= 4 is 29.5 Å². The summed E-state index contributed by atoms with van der Waals surface area (Å²) in [6.45, 7) is 2.43. The summed E-state index contributed by atoms with van der Waals surface area (Å²) in [6.07, 6.45) is 4.05. The molecule has 2 aromatic carbocycles. The van der Waals surface area contributed by atoms with Gasteiger partial charge in [-0.15, -0.1) is 11.3 Å². The number of benzene rings is 2. The van der Waals surface area contributed by atoms with Crippen LogP contribution in [0.15, 0.2) is 53.9 Å². The number of nitrogens with zero attached hydrogens (tertiary/aromatic N) is 1. The average molecular weight is 365 g/mol. The van der Waals surface area contributed by atoms with E-state index in [-0.39, 0.29) is 5.97 Å². The molecule has 0 atom stereocenters. The molecule has 132 valence electrons. The van der Waals surface area contributed by atoms with Gasteiger partial charge in [0.25, 0.3) is 0 Å². The second-order valence-electron chi connectivity index (χ2n) is 5.71. The molecule has 0 saturated carbocycles. The molecule has 0 aliphatic heterocycles. The minimum atomic E-state index is -0.339. The van der Waals surface area contributed by atoms with E-state index in [1.54, 1.807) is 23.5 Å². The summed E-state index contributed by atoms with van der Waals surface area (Å²) in [4.78, 5) is 15.8. The highest BCUT2D eigenvalue weighted by Crippen LogP contribution is 2.17. The Hall–Kier alpha value is -2.92. The zero-order chi connectivity index (χ0) is 18.4. The third-order valence-electron chi connectivity index (χ3n) is 3.72. The van der Waals surface area contributed by atoms with Crippen molar-refractivity contribution in [2.75, 3.05) is 7.11 Å². The van der Waals surface area contributed by atoms with Gasteiger partial charge in [0.1, 0.15) is 17.4 Å². The first-order valence-electron chi connectivity index (χ1n) is 8.14. The quantitative estimate of drug-likeness (QED) is 0.578. The van der Waals surface area contributed by atoms with E-state index in [0.717, 1.165) is 27.6 Å². The lowest BCUT2D eigenvalue weighted by Gasteiger charge is -2.07. The molecule has 0 unspecified atom stereocenters. The fourth-order valence-electron chi connectivity index (χ4n) is 2.31. The lowest BCUT2D eigenvalue weighted by atomic mass is 10.1. The molecular weight excluding hydrogens is 346 g/mol. The number of rotatable bonds is 6. The van der Waals surface area contributed by atoms with Crippen LogP contribution in [0, 0.1) is 6.92 Å². The number of hydrogen-bond donors (Lipinski definition) is 0. The van der Waals surface area contributed by atoms with Crippen molar-refractivity contribution in [2.24, 2.45) is 0 Å². The van der Waals surface area contributed by atoms with Crippen LogP contribution < -0.4 is 4.74 Å². The number of thiazole rings is 1. The van der Waals surface area contributed by atoms with E-state index in [1.807, 2.05) is 60.9 Å². The molecule has 0 radical (unpaired) electrons. The van der Waals surface area contributed by atoms with E-state index in [0.29, 0.717) is 12.2 Å². The van der Waals surface area contributed by atoms with Gasteiger partial charge in [0.05, 0.1) is 12.7 Å². The summed E-state index contributed by atoms with van der Waals surface area (Å²) in [5.41, 5.74) is 3.65. The number of carbonyl (C=O) groups is 1. The SMILES string of the molecule is COC(=O)c1ccc(COc2ccc(/C=C/c3nc(C)cs3)cc2)cc1. The Morgan fingerprint density at radius 1 is 1.08 bits per heavy atom. The van der Waals surface area contributed by atoms with Crippen molar-refractivity contribution in [1.82, 2.24) is 4.98 Å². The van der Waals surface area contributed by atoms with E-state index in [4.69, 9.17) is 4.74 Å². The number of hydrogen-bond acceptors (Lipinski definition) is 5. The monoisotopic (exact) mass is 365 g/mol. The predicted molar refractivity (Wildman–Crippen MR) is 104 cm³/mol. The van der Waals surface area contributed by atoms with Crippen LogP contribution in [0.4, 0.5) is 0 Å². The van der Waals surface area contributed by atoms with Gasteiger partial charge in [-0.05, 0) is 48.4 Å². The highest BCUT2D eigenvalue weighted by molar-refractivity contribution is 7.10. The normalized spacial score (nSPS) is 10.8. The lowest BCUT2D eigenvalue weighted by molar-refractivity contribution is 0.0600. The van der Waals surface area contributed by atoms with Gasteiger partial charge in [0, 0.05) is 11.1 Å². The predicted octanol–water partition coefficient (Wildman–Crippen LogP) is 4.99. The van der Waals surface area contributed by atoms with E-state index >= 15 is 0 Å². The molecule has 0 spiro atoms. The summed E-state index contributed by atoms with van der Waals surface area (Å²) in [6, 6.07) is 15.1. The largest absolute Gasteiger partial charge is 0.489 e. The van der Waals surface area contributed by atoms with Crippen LogP contribution in [-0.2, 0) is 11.3 Å². The summed E-state index contributed by atoms with van der Waals surface area (Å²) >= 11 is 1.63. The molecule has 0 bridgehead atoms. The molecule has 0 N–H and O–H groups in total. The smallest absolute Gasteiger partial charge is 0.337 e. The number of ether oxygens (including phenoxy) is 2. The summed E-state index contributed by atoms with van der Waals surface area (Å²) in [5, 5.41) is 3.03. The molecule has 3 rings (SSSR count). The minimum Gasteiger partial charge on any atom is -0.489 e. The van der Waals surface area contributed by atoms with Crippen LogP contribution in [0.2, 0.25) is 0 Å². The van der Waals surface area contributed by atoms with Crippen molar-refractivity contribution in [1.29, 1.82) is 0 Å². The van der Waals surface area contributed by atoms with Crippen LogP contribution in [0.25, 0.3) is 12.2 Å². The van der Waals surface area contributed by atoms with Gasteiger partial charge in [-0.1, -0.05) is 30.3 Å². The number of aromatic nitrogens is 1. The number of methoxy groups -OCH3 is 1. The van der Waals surface area contributed by atoms with Gasteiger partial charge in [-0.2, -0.15) is 0 Å². The second kappa shape index (κ2) is 8.45. The highest BCUT2D eigenvalue weighted by Gasteiger charge is 2.04.